The van der Waals surface area contributed by atoms with Crippen LogP contribution in [0.3, 0.4) is 0 Å². The van der Waals surface area contributed by atoms with E-state index in [1.54, 1.807) is 0 Å². The van der Waals surface area contributed by atoms with Gasteiger partial charge in [0.15, 0.2) is 5.78 Å². The molecule has 1 aliphatic carbocycles. The van der Waals surface area contributed by atoms with Gasteiger partial charge in [-0.2, -0.15) is 0 Å². The highest BCUT2D eigenvalue weighted by Gasteiger charge is 2.51. The van der Waals surface area contributed by atoms with E-state index in [1.165, 1.54) is 0 Å². The molecule has 0 bridgehead atoms. The summed E-state index contributed by atoms with van der Waals surface area (Å²) in [4.78, 5) is 12.9. The molecule has 5 atom stereocenters. The molecule has 0 aliphatic heterocycles. The van der Waals surface area contributed by atoms with E-state index in [1.807, 2.05) is 91.0 Å². The van der Waals surface area contributed by atoms with E-state index < -0.39 is 36.3 Å². The lowest BCUT2D eigenvalue weighted by Crippen LogP contribution is -2.63. The largest absolute Gasteiger partial charge is 0.387 e. The van der Waals surface area contributed by atoms with Crippen molar-refractivity contribution < 1.29 is 29.2 Å². The van der Waals surface area contributed by atoms with Crippen LogP contribution in [0.15, 0.2) is 91.0 Å². The fourth-order valence-corrected chi connectivity index (χ4v) is 3.90. The Morgan fingerprint density at radius 2 is 0.970 bits per heavy atom. The molecule has 1 fully saturated rings. The minimum Gasteiger partial charge on any atom is -0.387 e. The first-order valence-electron chi connectivity index (χ1n) is 11.0. The molecule has 3 aromatic carbocycles. The van der Waals surface area contributed by atoms with Gasteiger partial charge in [-0.3, -0.25) is 4.79 Å². The van der Waals surface area contributed by atoms with Gasteiger partial charge in [-0.15, -0.1) is 0 Å². The Hall–Kier alpha value is -2.87. The normalized spacial score (nSPS) is 25.2. The number of benzene rings is 3. The monoisotopic (exact) mass is 448 g/mol. The third kappa shape index (κ3) is 5.93. The van der Waals surface area contributed by atoms with Crippen LogP contribution in [0.1, 0.15) is 16.7 Å². The smallest absolute Gasteiger partial charge is 0.195 e. The van der Waals surface area contributed by atoms with Crippen LogP contribution in [0.25, 0.3) is 0 Å². The number of carbonyl (C=O) groups is 1. The van der Waals surface area contributed by atoms with Crippen molar-refractivity contribution in [2.45, 2.75) is 50.3 Å². The van der Waals surface area contributed by atoms with Crippen molar-refractivity contribution in [3.8, 4) is 0 Å². The Kier molecular flexibility index (Phi) is 7.99. The number of rotatable bonds is 9. The molecule has 0 radical (unpaired) electrons. The molecule has 1 aliphatic rings. The molecule has 0 unspecified atom stereocenters. The third-order valence-corrected chi connectivity index (χ3v) is 5.70. The topological polar surface area (TPSA) is 85.2 Å². The van der Waals surface area contributed by atoms with Crippen LogP contribution in [-0.2, 0) is 38.8 Å². The highest BCUT2D eigenvalue weighted by Crippen LogP contribution is 2.28. The maximum absolute atomic E-state index is 12.9. The summed E-state index contributed by atoms with van der Waals surface area (Å²) in [6, 6.07) is 28.3. The van der Waals surface area contributed by atoms with Crippen molar-refractivity contribution in [1.29, 1.82) is 0 Å². The first kappa shape index (κ1) is 23.3. The predicted octanol–water partition coefficient (Wildman–Crippen LogP) is 3.05. The molecule has 3 aromatic rings. The standard InChI is InChI=1S/C27H28O6/c28-22-23(29)26(32-17-20-12-6-2-7-13-20)27(33-18-21-14-8-3-9-15-21)24(30)25(22)31-16-19-10-4-1-5-11-19/h1-15,23-27,29-30H,16-18H2/t23-,24+,25-,26+,27+/m1/s1. The summed E-state index contributed by atoms with van der Waals surface area (Å²) in [5.74, 6) is -0.615. The Bertz CT molecular complexity index is 995. The lowest BCUT2D eigenvalue weighted by molar-refractivity contribution is -0.219. The molecule has 4 rings (SSSR count). The number of hydrogen-bond acceptors (Lipinski definition) is 6. The summed E-state index contributed by atoms with van der Waals surface area (Å²) in [6.07, 6.45) is -6.00. The zero-order chi connectivity index (χ0) is 23.0. The van der Waals surface area contributed by atoms with Gasteiger partial charge in [-0.05, 0) is 16.7 Å². The SMILES string of the molecule is O=C1[C@@H](O)[C@H](OCc2ccccc2)[C@@H](OCc2ccccc2)[C@@H](O)[C@@H]1OCc1ccccc1. The molecular weight excluding hydrogens is 420 g/mol. The van der Waals surface area contributed by atoms with Gasteiger partial charge in [0.25, 0.3) is 0 Å². The fraction of sp³-hybridized carbons (Fsp3) is 0.296. The molecule has 6 heteroatoms. The van der Waals surface area contributed by atoms with E-state index >= 15 is 0 Å². The first-order chi connectivity index (χ1) is 16.1. The second kappa shape index (κ2) is 11.3. The summed E-state index contributed by atoms with van der Waals surface area (Å²) in [5.41, 5.74) is 2.65. The highest BCUT2D eigenvalue weighted by atomic mass is 16.6. The Balaban J connectivity index is 1.50. The summed E-state index contributed by atoms with van der Waals surface area (Å²) in [7, 11) is 0. The summed E-state index contributed by atoms with van der Waals surface area (Å²) < 4.78 is 17.7. The van der Waals surface area contributed by atoms with E-state index in [2.05, 4.69) is 0 Å². The number of aliphatic hydroxyl groups is 2. The minimum atomic E-state index is -1.49. The van der Waals surface area contributed by atoms with Gasteiger partial charge in [0.05, 0.1) is 19.8 Å². The van der Waals surface area contributed by atoms with Gasteiger partial charge in [0, 0.05) is 0 Å². The Morgan fingerprint density at radius 3 is 1.42 bits per heavy atom. The van der Waals surface area contributed by atoms with Gasteiger partial charge in [-0.1, -0.05) is 91.0 Å². The van der Waals surface area contributed by atoms with Crippen LogP contribution in [-0.4, -0.2) is 46.5 Å². The highest BCUT2D eigenvalue weighted by molar-refractivity contribution is 5.89. The average Bonchev–Trinajstić information content (AvgIpc) is 2.86. The Morgan fingerprint density at radius 1 is 0.576 bits per heavy atom. The van der Waals surface area contributed by atoms with E-state index in [-0.39, 0.29) is 19.8 Å². The molecule has 6 nitrogen and oxygen atoms in total. The number of aliphatic hydroxyl groups excluding tert-OH is 2. The molecule has 0 aromatic heterocycles. The van der Waals surface area contributed by atoms with E-state index in [4.69, 9.17) is 14.2 Å². The van der Waals surface area contributed by atoms with Gasteiger partial charge >= 0.3 is 0 Å². The van der Waals surface area contributed by atoms with Crippen LogP contribution >= 0.6 is 0 Å². The van der Waals surface area contributed by atoms with Crippen molar-refractivity contribution in [1.82, 2.24) is 0 Å². The second-order valence-corrected chi connectivity index (χ2v) is 8.08. The molecule has 0 spiro atoms. The van der Waals surface area contributed by atoms with Crippen LogP contribution in [0, 0.1) is 0 Å². The molecule has 0 saturated heterocycles. The lowest BCUT2D eigenvalue weighted by Gasteiger charge is -2.41. The fourth-order valence-electron chi connectivity index (χ4n) is 3.90. The van der Waals surface area contributed by atoms with E-state index in [0.717, 1.165) is 16.7 Å². The molecule has 2 N–H and O–H groups in total. The number of carbonyl (C=O) groups excluding carboxylic acids is 1. The van der Waals surface area contributed by atoms with Gasteiger partial charge < -0.3 is 24.4 Å². The van der Waals surface area contributed by atoms with Crippen LogP contribution in [0.5, 0.6) is 0 Å². The lowest BCUT2D eigenvalue weighted by atomic mass is 9.85. The molecule has 172 valence electrons. The number of ether oxygens (including phenoxy) is 3. The van der Waals surface area contributed by atoms with Crippen molar-refractivity contribution in [2.75, 3.05) is 0 Å². The average molecular weight is 449 g/mol. The van der Waals surface area contributed by atoms with Crippen LogP contribution in [0.2, 0.25) is 0 Å². The van der Waals surface area contributed by atoms with Gasteiger partial charge in [0.1, 0.15) is 30.5 Å². The quantitative estimate of drug-likeness (QED) is 0.524. The number of Topliss-reactive ketones (excluding diaryl/α,β-unsaturated/α-hetero) is 1. The summed E-state index contributed by atoms with van der Waals surface area (Å²) in [5, 5.41) is 21.9. The first-order valence-corrected chi connectivity index (χ1v) is 11.0. The molecular formula is C27H28O6. The second-order valence-electron chi connectivity index (χ2n) is 8.08. The van der Waals surface area contributed by atoms with E-state index in [0.29, 0.717) is 0 Å². The van der Waals surface area contributed by atoms with Gasteiger partial charge in [-0.25, -0.2) is 0 Å². The maximum atomic E-state index is 12.9. The summed E-state index contributed by atoms with van der Waals surface area (Å²) in [6.45, 7) is 0.491. The minimum absolute atomic E-state index is 0.127. The van der Waals surface area contributed by atoms with Crippen molar-refractivity contribution in [3.05, 3.63) is 108 Å². The van der Waals surface area contributed by atoms with Crippen molar-refractivity contribution in [3.63, 3.8) is 0 Å². The van der Waals surface area contributed by atoms with Gasteiger partial charge in [0.2, 0.25) is 0 Å². The molecule has 0 heterocycles. The molecule has 0 amide bonds. The molecule has 33 heavy (non-hydrogen) atoms. The van der Waals surface area contributed by atoms with E-state index in [9.17, 15) is 15.0 Å². The van der Waals surface area contributed by atoms with Crippen molar-refractivity contribution >= 4 is 5.78 Å². The zero-order valence-electron chi connectivity index (χ0n) is 18.2. The number of ketones is 1. The summed E-state index contributed by atoms with van der Waals surface area (Å²) >= 11 is 0. The third-order valence-electron chi connectivity index (χ3n) is 5.70. The number of hydrogen-bond donors (Lipinski definition) is 2. The maximum Gasteiger partial charge on any atom is 0.195 e. The van der Waals surface area contributed by atoms with Crippen LogP contribution in [0.4, 0.5) is 0 Å². The van der Waals surface area contributed by atoms with Crippen LogP contribution < -0.4 is 0 Å². The predicted molar refractivity (Wildman–Crippen MR) is 122 cm³/mol. The Labute approximate surface area is 193 Å². The van der Waals surface area contributed by atoms with Crippen molar-refractivity contribution in [2.24, 2.45) is 0 Å². The zero-order valence-corrected chi connectivity index (χ0v) is 18.2. The molecule has 1 saturated carbocycles.